The Kier molecular flexibility index (Phi) is 1.55. The van der Waals surface area contributed by atoms with Crippen molar-refractivity contribution in [2.45, 2.75) is 19.3 Å². The van der Waals surface area contributed by atoms with Gasteiger partial charge in [0.2, 0.25) is 0 Å². The van der Waals surface area contributed by atoms with Gasteiger partial charge in [0, 0.05) is 12.5 Å². The van der Waals surface area contributed by atoms with E-state index < -0.39 is 0 Å². The summed E-state index contributed by atoms with van der Waals surface area (Å²) in [6.45, 7) is 0. The van der Waals surface area contributed by atoms with E-state index in [0.29, 0.717) is 5.92 Å². The summed E-state index contributed by atoms with van der Waals surface area (Å²) in [6.07, 6.45) is 5.08. The summed E-state index contributed by atoms with van der Waals surface area (Å²) in [4.78, 5) is 0. The van der Waals surface area contributed by atoms with E-state index in [-0.39, 0.29) is 18.1 Å². The van der Waals surface area contributed by atoms with E-state index in [4.69, 9.17) is 0 Å². The molecule has 0 heterocycles. The van der Waals surface area contributed by atoms with Crippen molar-refractivity contribution >= 4 is 0 Å². The van der Waals surface area contributed by atoms with Crippen LogP contribution in [0.3, 0.4) is 0 Å². The molecule has 0 aromatic heterocycles. The van der Waals surface area contributed by atoms with Crippen LogP contribution in [0.4, 0.5) is 8.78 Å². The Bertz CT molecular complexity index is 234. The molecule has 1 radical (unpaired) electrons. The number of halogens is 2. The summed E-state index contributed by atoms with van der Waals surface area (Å²) in [5.74, 6) is -0.345. The summed E-state index contributed by atoms with van der Waals surface area (Å²) in [5.41, 5.74) is 0.728. The SMILES string of the molecule is FC1=CC(F)=C(C2CC2)[CH]C1. The second-order valence-electron chi connectivity index (χ2n) is 3.08. The predicted octanol–water partition coefficient (Wildman–Crippen LogP) is 3.08. The fraction of sp³-hybridized carbons (Fsp3) is 0.444. The third-order valence-electron chi connectivity index (χ3n) is 2.09. The molecule has 2 rings (SSSR count). The topological polar surface area (TPSA) is 0 Å². The highest BCUT2D eigenvalue weighted by Gasteiger charge is 2.30. The Morgan fingerprint density at radius 1 is 1.27 bits per heavy atom. The Balaban J connectivity index is 2.22. The van der Waals surface area contributed by atoms with E-state index in [1.165, 1.54) is 0 Å². The molecule has 59 valence electrons. The fourth-order valence-electron chi connectivity index (χ4n) is 1.34. The van der Waals surface area contributed by atoms with E-state index in [2.05, 4.69) is 0 Å². The molecule has 0 N–H and O–H groups in total. The highest BCUT2D eigenvalue weighted by Crippen LogP contribution is 2.42. The molecule has 0 aromatic rings. The molecular weight excluding hydrogens is 146 g/mol. The van der Waals surface area contributed by atoms with E-state index in [0.717, 1.165) is 24.5 Å². The van der Waals surface area contributed by atoms with Gasteiger partial charge in [-0.25, -0.2) is 8.78 Å². The van der Waals surface area contributed by atoms with Crippen LogP contribution in [0.2, 0.25) is 0 Å². The molecule has 0 amide bonds. The maximum absolute atomic E-state index is 12.9. The quantitative estimate of drug-likeness (QED) is 0.545. The molecule has 11 heavy (non-hydrogen) atoms. The molecule has 0 nitrogen and oxygen atoms in total. The number of hydrogen-bond acceptors (Lipinski definition) is 0. The predicted molar refractivity (Wildman–Crippen MR) is 39.0 cm³/mol. The van der Waals surface area contributed by atoms with Crippen molar-refractivity contribution in [3.05, 3.63) is 29.7 Å². The monoisotopic (exact) mass is 155 g/mol. The van der Waals surface area contributed by atoms with Crippen LogP contribution in [-0.2, 0) is 0 Å². The van der Waals surface area contributed by atoms with Crippen LogP contribution in [0.5, 0.6) is 0 Å². The van der Waals surface area contributed by atoms with Gasteiger partial charge in [0.25, 0.3) is 0 Å². The van der Waals surface area contributed by atoms with Crippen molar-refractivity contribution < 1.29 is 8.78 Å². The molecule has 0 atom stereocenters. The first-order valence-electron chi connectivity index (χ1n) is 3.86. The van der Waals surface area contributed by atoms with Crippen LogP contribution in [-0.4, -0.2) is 0 Å². The summed E-state index contributed by atoms with van der Waals surface area (Å²) < 4.78 is 25.4. The third kappa shape index (κ3) is 1.35. The second-order valence-corrected chi connectivity index (χ2v) is 3.08. The minimum atomic E-state index is -0.369. The van der Waals surface area contributed by atoms with Crippen LogP contribution in [0.15, 0.2) is 23.3 Å². The first-order chi connectivity index (χ1) is 5.27. The lowest BCUT2D eigenvalue weighted by molar-refractivity contribution is 0.567. The normalized spacial score (nSPS) is 25.5. The van der Waals surface area contributed by atoms with Crippen molar-refractivity contribution in [3.8, 4) is 0 Å². The zero-order chi connectivity index (χ0) is 7.84. The molecule has 2 heteroatoms. The number of rotatable bonds is 1. The Morgan fingerprint density at radius 3 is 2.55 bits per heavy atom. The van der Waals surface area contributed by atoms with Gasteiger partial charge >= 0.3 is 0 Å². The van der Waals surface area contributed by atoms with Gasteiger partial charge < -0.3 is 0 Å². The summed E-state index contributed by atoms with van der Waals surface area (Å²) in [5, 5.41) is 0. The molecule has 1 saturated carbocycles. The zero-order valence-electron chi connectivity index (χ0n) is 6.11. The van der Waals surface area contributed by atoms with Crippen LogP contribution in [0.1, 0.15) is 19.3 Å². The van der Waals surface area contributed by atoms with Crippen molar-refractivity contribution in [2.75, 3.05) is 0 Å². The average Bonchev–Trinajstić information content (AvgIpc) is 2.70. The van der Waals surface area contributed by atoms with Crippen molar-refractivity contribution in [3.63, 3.8) is 0 Å². The molecule has 0 aromatic carbocycles. The van der Waals surface area contributed by atoms with Crippen LogP contribution in [0, 0.1) is 12.3 Å². The van der Waals surface area contributed by atoms with E-state index in [1.807, 2.05) is 0 Å². The van der Waals surface area contributed by atoms with E-state index in [9.17, 15) is 8.78 Å². The van der Waals surface area contributed by atoms with Gasteiger partial charge in [-0.15, -0.1) is 0 Å². The van der Waals surface area contributed by atoms with Crippen molar-refractivity contribution in [2.24, 2.45) is 5.92 Å². The molecule has 1 fully saturated rings. The van der Waals surface area contributed by atoms with Gasteiger partial charge in [-0.05, 0) is 30.8 Å². The molecule has 0 saturated heterocycles. The second kappa shape index (κ2) is 2.43. The Hall–Kier alpha value is -0.660. The lowest BCUT2D eigenvalue weighted by Crippen LogP contribution is -1.96. The Labute approximate surface area is 64.6 Å². The van der Waals surface area contributed by atoms with Crippen molar-refractivity contribution in [1.29, 1.82) is 0 Å². The summed E-state index contributed by atoms with van der Waals surface area (Å²) in [6, 6.07) is 0. The molecular formula is C9H9F2. The first-order valence-corrected chi connectivity index (χ1v) is 3.86. The highest BCUT2D eigenvalue weighted by atomic mass is 19.1. The Morgan fingerprint density at radius 2 is 2.00 bits per heavy atom. The van der Waals surface area contributed by atoms with Crippen molar-refractivity contribution in [1.82, 2.24) is 0 Å². The molecule has 0 spiro atoms. The zero-order valence-corrected chi connectivity index (χ0v) is 6.11. The van der Waals surface area contributed by atoms with Gasteiger partial charge in [-0.3, -0.25) is 0 Å². The van der Waals surface area contributed by atoms with Gasteiger partial charge in [-0.2, -0.15) is 0 Å². The third-order valence-corrected chi connectivity index (χ3v) is 2.09. The maximum atomic E-state index is 12.9. The average molecular weight is 155 g/mol. The standard InChI is InChI=1S/C9H9F2/c10-7-3-4-8(6-1-2-6)9(11)5-7/h4-6H,1-3H2. The lowest BCUT2D eigenvalue weighted by atomic mass is 9.99. The highest BCUT2D eigenvalue weighted by molar-refractivity contribution is 5.36. The first kappa shape index (κ1) is 7.01. The van der Waals surface area contributed by atoms with E-state index >= 15 is 0 Å². The van der Waals surface area contributed by atoms with Gasteiger partial charge in [0.05, 0.1) is 0 Å². The van der Waals surface area contributed by atoms with Gasteiger partial charge in [0.1, 0.15) is 11.7 Å². The van der Waals surface area contributed by atoms with Gasteiger partial charge in [0.15, 0.2) is 0 Å². The largest absolute Gasteiger partial charge is 0.212 e. The van der Waals surface area contributed by atoms with Crippen LogP contribution < -0.4 is 0 Å². The molecule has 2 aliphatic rings. The minimum Gasteiger partial charge on any atom is -0.212 e. The van der Waals surface area contributed by atoms with Crippen LogP contribution >= 0.6 is 0 Å². The minimum absolute atomic E-state index is 0.277. The van der Waals surface area contributed by atoms with Gasteiger partial charge in [-0.1, -0.05) is 0 Å². The smallest absolute Gasteiger partial charge is 0.125 e. The fourth-order valence-corrected chi connectivity index (χ4v) is 1.34. The molecule has 0 bridgehead atoms. The summed E-state index contributed by atoms with van der Waals surface area (Å²) in [7, 11) is 0. The molecule has 0 unspecified atom stereocenters. The maximum Gasteiger partial charge on any atom is 0.125 e. The molecule has 0 aliphatic heterocycles. The summed E-state index contributed by atoms with van der Waals surface area (Å²) >= 11 is 0. The molecule has 2 aliphatic carbocycles. The lowest BCUT2D eigenvalue weighted by Gasteiger charge is -2.09. The number of allylic oxidation sites excluding steroid dienone is 4. The van der Waals surface area contributed by atoms with Crippen LogP contribution in [0.25, 0.3) is 0 Å². The van der Waals surface area contributed by atoms with E-state index in [1.54, 1.807) is 6.42 Å². The number of hydrogen-bond donors (Lipinski definition) is 0.